The van der Waals surface area contributed by atoms with Gasteiger partial charge < -0.3 is 9.64 Å². The van der Waals surface area contributed by atoms with Gasteiger partial charge in [0.05, 0.1) is 0 Å². The number of nitrogens with zero attached hydrogens (tertiary/aromatic N) is 1. The molecule has 88 valence electrons. The standard InChI is InChI=1S/C10H18ClNO2S/c1-10(2,3)14-9(13)12-6-4-8(15-11)5-7-12/h8H,4-7H2,1-3H3. The van der Waals surface area contributed by atoms with Gasteiger partial charge in [-0.2, -0.15) is 0 Å². The van der Waals surface area contributed by atoms with Crippen LogP contribution in [0, 0.1) is 0 Å². The first-order valence-corrected chi connectivity index (χ1v) is 6.88. The van der Waals surface area contributed by atoms with Crippen LogP contribution in [-0.2, 0) is 4.74 Å². The maximum Gasteiger partial charge on any atom is 0.410 e. The Labute approximate surface area is 100.0 Å². The van der Waals surface area contributed by atoms with Gasteiger partial charge in [-0.15, -0.1) is 0 Å². The van der Waals surface area contributed by atoms with E-state index in [1.807, 2.05) is 20.8 Å². The van der Waals surface area contributed by atoms with Gasteiger partial charge in [0.2, 0.25) is 0 Å². The maximum absolute atomic E-state index is 11.7. The van der Waals surface area contributed by atoms with Crippen molar-refractivity contribution >= 4 is 27.8 Å². The van der Waals surface area contributed by atoms with Gasteiger partial charge in [-0.3, -0.25) is 0 Å². The lowest BCUT2D eigenvalue weighted by Gasteiger charge is -2.32. The third kappa shape index (κ3) is 4.51. The first-order chi connectivity index (χ1) is 6.92. The van der Waals surface area contributed by atoms with Gasteiger partial charge in [-0.05, 0) is 44.3 Å². The number of ether oxygens (including phenoxy) is 1. The molecule has 0 radical (unpaired) electrons. The number of carbonyl (C=O) groups excluding carboxylic acids is 1. The van der Waals surface area contributed by atoms with E-state index in [1.54, 1.807) is 4.90 Å². The summed E-state index contributed by atoms with van der Waals surface area (Å²) in [5.74, 6) is 0. The molecule has 0 N–H and O–H groups in total. The summed E-state index contributed by atoms with van der Waals surface area (Å²) in [4.78, 5) is 13.4. The number of rotatable bonds is 1. The van der Waals surface area contributed by atoms with Gasteiger partial charge in [-0.25, -0.2) is 4.79 Å². The predicted molar refractivity (Wildman–Crippen MR) is 64.3 cm³/mol. The van der Waals surface area contributed by atoms with Crippen LogP contribution in [-0.4, -0.2) is 34.9 Å². The van der Waals surface area contributed by atoms with E-state index in [0.29, 0.717) is 5.25 Å². The largest absolute Gasteiger partial charge is 0.444 e. The van der Waals surface area contributed by atoms with Crippen molar-refractivity contribution in [1.29, 1.82) is 0 Å². The third-order valence-electron chi connectivity index (χ3n) is 2.22. The van der Waals surface area contributed by atoms with Crippen LogP contribution in [0.2, 0.25) is 0 Å². The Bertz CT molecular complexity index is 222. The van der Waals surface area contributed by atoms with E-state index in [-0.39, 0.29) is 6.09 Å². The van der Waals surface area contributed by atoms with Gasteiger partial charge in [0.25, 0.3) is 0 Å². The minimum Gasteiger partial charge on any atom is -0.444 e. The van der Waals surface area contributed by atoms with Crippen molar-refractivity contribution in [2.75, 3.05) is 13.1 Å². The molecule has 0 aromatic carbocycles. The van der Waals surface area contributed by atoms with E-state index >= 15 is 0 Å². The molecule has 1 rings (SSSR count). The van der Waals surface area contributed by atoms with Crippen molar-refractivity contribution in [3.63, 3.8) is 0 Å². The number of amides is 1. The zero-order valence-electron chi connectivity index (χ0n) is 9.46. The first-order valence-electron chi connectivity index (χ1n) is 5.17. The fraction of sp³-hybridized carbons (Fsp3) is 0.900. The summed E-state index contributed by atoms with van der Waals surface area (Å²) in [7, 11) is 7.06. The number of piperidine rings is 1. The lowest BCUT2D eigenvalue weighted by molar-refractivity contribution is 0.0219. The topological polar surface area (TPSA) is 29.5 Å². The van der Waals surface area contributed by atoms with Gasteiger partial charge >= 0.3 is 6.09 Å². The smallest absolute Gasteiger partial charge is 0.410 e. The minimum atomic E-state index is -0.408. The molecule has 1 fully saturated rings. The highest BCUT2D eigenvalue weighted by Gasteiger charge is 2.26. The Morgan fingerprint density at radius 1 is 1.40 bits per heavy atom. The van der Waals surface area contributed by atoms with Crippen molar-refractivity contribution < 1.29 is 9.53 Å². The molecule has 15 heavy (non-hydrogen) atoms. The molecule has 0 spiro atoms. The lowest BCUT2D eigenvalue weighted by atomic mass is 10.1. The Kier molecular flexibility index (Phi) is 4.59. The van der Waals surface area contributed by atoms with E-state index in [1.165, 1.54) is 11.0 Å². The van der Waals surface area contributed by atoms with Gasteiger partial charge in [0, 0.05) is 18.3 Å². The number of carbonyl (C=O) groups is 1. The van der Waals surface area contributed by atoms with E-state index in [4.69, 9.17) is 15.4 Å². The van der Waals surface area contributed by atoms with Crippen LogP contribution in [0.5, 0.6) is 0 Å². The number of likely N-dealkylation sites (tertiary alicyclic amines) is 1. The Hall–Kier alpha value is -0.0900. The lowest BCUT2D eigenvalue weighted by Crippen LogP contribution is -2.42. The molecule has 0 unspecified atom stereocenters. The fourth-order valence-corrected chi connectivity index (χ4v) is 2.38. The quantitative estimate of drug-likeness (QED) is 0.716. The van der Waals surface area contributed by atoms with Crippen LogP contribution in [0.4, 0.5) is 4.79 Å². The minimum absolute atomic E-state index is 0.208. The summed E-state index contributed by atoms with van der Waals surface area (Å²) in [6, 6.07) is 0. The monoisotopic (exact) mass is 251 g/mol. The average Bonchev–Trinajstić information content (AvgIpc) is 2.15. The normalized spacial score (nSPS) is 19.1. The summed E-state index contributed by atoms with van der Waals surface area (Å²) in [5, 5.41) is 0.477. The molecule has 1 saturated heterocycles. The zero-order valence-corrected chi connectivity index (χ0v) is 11.0. The SMILES string of the molecule is CC(C)(C)OC(=O)N1CCC(SCl)CC1. The molecule has 0 aromatic rings. The Balaban J connectivity index is 2.37. The highest BCUT2D eigenvalue weighted by Crippen LogP contribution is 2.26. The number of halogens is 1. The van der Waals surface area contributed by atoms with Crippen molar-refractivity contribution in [3.8, 4) is 0 Å². The van der Waals surface area contributed by atoms with Crippen molar-refractivity contribution in [3.05, 3.63) is 0 Å². The van der Waals surface area contributed by atoms with Gasteiger partial charge in [0.15, 0.2) is 0 Å². The van der Waals surface area contributed by atoms with Crippen LogP contribution >= 0.6 is 21.7 Å². The van der Waals surface area contributed by atoms with Crippen LogP contribution in [0.3, 0.4) is 0 Å². The van der Waals surface area contributed by atoms with Gasteiger partial charge in [-0.1, -0.05) is 11.0 Å². The Morgan fingerprint density at radius 3 is 2.33 bits per heavy atom. The molecule has 5 heteroatoms. The summed E-state index contributed by atoms with van der Waals surface area (Å²) in [6.07, 6.45) is 1.70. The Morgan fingerprint density at radius 2 is 1.93 bits per heavy atom. The second-order valence-electron chi connectivity index (χ2n) is 4.76. The summed E-state index contributed by atoms with van der Waals surface area (Å²) < 4.78 is 5.29. The molecule has 1 aliphatic heterocycles. The van der Waals surface area contributed by atoms with Crippen LogP contribution in [0.15, 0.2) is 0 Å². The number of hydrogen-bond acceptors (Lipinski definition) is 3. The molecule has 0 aromatic heterocycles. The first kappa shape index (κ1) is 13.0. The molecule has 1 heterocycles. The molecule has 3 nitrogen and oxygen atoms in total. The third-order valence-corrected chi connectivity index (χ3v) is 3.70. The van der Waals surface area contributed by atoms with Crippen molar-refractivity contribution in [2.24, 2.45) is 0 Å². The van der Waals surface area contributed by atoms with Crippen molar-refractivity contribution in [1.82, 2.24) is 4.90 Å². The molecule has 0 aliphatic carbocycles. The number of hydrogen-bond donors (Lipinski definition) is 0. The van der Waals surface area contributed by atoms with E-state index < -0.39 is 5.60 Å². The van der Waals surface area contributed by atoms with E-state index in [9.17, 15) is 4.79 Å². The summed E-state index contributed by atoms with van der Waals surface area (Å²) in [6.45, 7) is 7.14. The maximum atomic E-state index is 11.7. The molecule has 0 bridgehead atoms. The van der Waals surface area contributed by atoms with E-state index in [0.717, 1.165) is 25.9 Å². The van der Waals surface area contributed by atoms with Crippen LogP contribution in [0.1, 0.15) is 33.6 Å². The highest BCUT2D eigenvalue weighted by atomic mass is 35.7. The van der Waals surface area contributed by atoms with Crippen LogP contribution in [0.25, 0.3) is 0 Å². The molecule has 1 amide bonds. The molecule has 0 saturated carbocycles. The van der Waals surface area contributed by atoms with E-state index in [2.05, 4.69) is 0 Å². The van der Waals surface area contributed by atoms with Gasteiger partial charge in [0.1, 0.15) is 5.60 Å². The average molecular weight is 252 g/mol. The highest BCUT2D eigenvalue weighted by molar-refractivity contribution is 8.21. The summed E-state index contributed by atoms with van der Waals surface area (Å²) in [5.41, 5.74) is -0.408. The fourth-order valence-electron chi connectivity index (χ4n) is 1.45. The van der Waals surface area contributed by atoms with Crippen molar-refractivity contribution in [2.45, 2.75) is 44.5 Å². The second-order valence-corrected chi connectivity index (χ2v) is 6.14. The molecule has 0 atom stereocenters. The zero-order chi connectivity index (χ0) is 11.5. The molecule has 1 aliphatic rings. The second kappa shape index (κ2) is 5.30. The summed E-state index contributed by atoms with van der Waals surface area (Å²) >= 11 is 0. The van der Waals surface area contributed by atoms with Crippen LogP contribution < -0.4 is 0 Å². The molecular formula is C10H18ClNO2S. The molecular weight excluding hydrogens is 234 g/mol. The predicted octanol–water partition coefficient (Wildman–Crippen LogP) is 3.27.